The first-order valence-corrected chi connectivity index (χ1v) is 5.07. The topological polar surface area (TPSA) is 37.3 Å². The third-order valence-electron chi connectivity index (χ3n) is 2.00. The summed E-state index contributed by atoms with van der Waals surface area (Å²) in [5, 5.41) is 4.24. The van der Waals surface area contributed by atoms with Gasteiger partial charge in [-0.2, -0.15) is 5.10 Å². The second-order valence-electron chi connectivity index (χ2n) is 3.01. The Morgan fingerprint density at radius 1 is 1.38 bits per heavy atom. The lowest BCUT2D eigenvalue weighted by Gasteiger charge is -2.14. The van der Waals surface area contributed by atoms with Gasteiger partial charge in [0, 0.05) is 5.71 Å². The quantitative estimate of drug-likeness (QED) is 0.637. The monoisotopic (exact) mass is 239 g/mol. The van der Waals surface area contributed by atoms with Gasteiger partial charge in [0.2, 0.25) is 0 Å². The molecule has 2 rings (SSSR count). The second kappa shape index (κ2) is 3.87. The highest BCUT2D eigenvalue weighted by atomic mass is 79.9. The van der Waals surface area contributed by atoms with Crippen molar-refractivity contribution in [2.24, 2.45) is 5.10 Å². The van der Waals surface area contributed by atoms with Crippen molar-refractivity contribution in [3.63, 3.8) is 0 Å². The minimum Gasteiger partial charge on any atom is -0.277 e. The molecule has 0 atom stereocenters. The van der Waals surface area contributed by atoms with Crippen LogP contribution in [0.2, 0.25) is 0 Å². The van der Waals surface area contributed by atoms with E-state index >= 15 is 0 Å². The molecule has 0 aliphatic heterocycles. The summed E-state index contributed by atoms with van der Waals surface area (Å²) in [5.74, 6) is 0. The molecule has 1 N–H and O–H groups in total. The Bertz CT molecular complexity index is 312. The van der Waals surface area contributed by atoms with E-state index in [1.54, 1.807) is 6.20 Å². The molecule has 0 aromatic carbocycles. The average molecular weight is 240 g/mol. The third-order valence-corrected chi connectivity index (χ3v) is 2.47. The number of hydrazone groups is 1. The van der Waals surface area contributed by atoms with Gasteiger partial charge in [0.05, 0.1) is 11.9 Å². The Morgan fingerprint density at radius 3 is 2.77 bits per heavy atom. The highest BCUT2D eigenvalue weighted by Gasteiger charge is 2.09. The number of pyridine rings is 1. The number of halogens is 1. The van der Waals surface area contributed by atoms with Crippen LogP contribution in [0.25, 0.3) is 0 Å². The Labute approximate surface area is 85.4 Å². The summed E-state index contributed by atoms with van der Waals surface area (Å²) in [6.45, 7) is 0. The van der Waals surface area contributed by atoms with Gasteiger partial charge in [0.25, 0.3) is 0 Å². The van der Waals surface area contributed by atoms with Crippen molar-refractivity contribution in [2.45, 2.75) is 19.3 Å². The summed E-state index contributed by atoms with van der Waals surface area (Å²) in [4.78, 5) is 4.09. The molecule has 0 unspecified atom stereocenters. The fourth-order valence-electron chi connectivity index (χ4n) is 1.03. The number of hydrogen-bond donors (Lipinski definition) is 1. The standard InChI is InChI=1S/C9H10BrN3/c10-9-5-4-8(6-11-9)13-12-7-2-1-3-7/h4-6,13H,1-3H2. The Balaban J connectivity index is 1.97. The highest BCUT2D eigenvalue weighted by Crippen LogP contribution is 2.15. The van der Waals surface area contributed by atoms with Crippen molar-refractivity contribution >= 4 is 27.3 Å². The zero-order valence-corrected chi connectivity index (χ0v) is 8.71. The number of aromatic nitrogens is 1. The van der Waals surface area contributed by atoms with E-state index in [1.165, 1.54) is 12.1 Å². The van der Waals surface area contributed by atoms with Gasteiger partial charge in [0.15, 0.2) is 0 Å². The fourth-order valence-corrected chi connectivity index (χ4v) is 1.27. The van der Waals surface area contributed by atoms with Gasteiger partial charge in [-0.25, -0.2) is 4.98 Å². The van der Waals surface area contributed by atoms with Crippen LogP contribution in [0.15, 0.2) is 28.0 Å². The molecule has 1 heterocycles. The molecular weight excluding hydrogens is 230 g/mol. The molecule has 0 amide bonds. The van der Waals surface area contributed by atoms with Crippen molar-refractivity contribution in [2.75, 3.05) is 5.43 Å². The van der Waals surface area contributed by atoms with Crippen molar-refractivity contribution in [3.8, 4) is 0 Å². The number of rotatable bonds is 2. The van der Waals surface area contributed by atoms with Crippen LogP contribution in [0.5, 0.6) is 0 Å². The molecule has 1 aliphatic carbocycles. The number of nitrogens with zero attached hydrogens (tertiary/aromatic N) is 2. The maximum atomic E-state index is 4.24. The third kappa shape index (κ3) is 2.28. The second-order valence-corrected chi connectivity index (χ2v) is 3.83. The zero-order chi connectivity index (χ0) is 9.10. The van der Waals surface area contributed by atoms with Crippen LogP contribution in [-0.4, -0.2) is 10.7 Å². The van der Waals surface area contributed by atoms with E-state index in [0.29, 0.717) is 0 Å². The largest absolute Gasteiger partial charge is 0.277 e. The first-order chi connectivity index (χ1) is 6.34. The number of nitrogens with one attached hydrogen (secondary N) is 1. The van der Waals surface area contributed by atoms with Crippen LogP contribution in [0.3, 0.4) is 0 Å². The first kappa shape index (κ1) is 8.69. The molecule has 0 spiro atoms. The van der Waals surface area contributed by atoms with Crippen molar-refractivity contribution in [1.82, 2.24) is 4.98 Å². The van der Waals surface area contributed by atoms with E-state index in [2.05, 4.69) is 31.4 Å². The van der Waals surface area contributed by atoms with Gasteiger partial charge in [-0.05, 0) is 47.3 Å². The highest BCUT2D eigenvalue weighted by molar-refractivity contribution is 9.10. The van der Waals surface area contributed by atoms with E-state index < -0.39 is 0 Å². The predicted octanol–water partition coefficient (Wildman–Crippen LogP) is 2.80. The average Bonchev–Trinajstić information content (AvgIpc) is 2.05. The van der Waals surface area contributed by atoms with Crippen molar-refractivity contribution in [1.29, 1.82) is 0 Å². The van der Waals surface area contributed by atoms with Gasteiger partial charge in [-0.15, -0.1) is 0 Å². The Kier molecular flexibility index (Phi) is 2.59. The first-order valence-electron chi connectivity index (χ1n) is 4.27. The molecule has 4 heteroatoms. The zero-order valence-electron chi connectivity index (χ0n) is 7.13. The fraction of sp³-hybridized carbons (Fsp3) is 0.333. The lowest BCUT2D eigenvalue weighted by molar-refractivity contribution is 0.798. The van der Waals surface area contributed by atoms with Gasteiger partial charge in [-0.1, -0.05) is 0 Å². The van der Waals surface area contributed by atoms with E-state index in [1.807, 2.05) is 12.1 Å². The maximum Gasteiger partial charge on any atom is 0.106 e. The van der Waals surface area contributed by atoms with E-state index in [4.69, 9.17) is 0 Å². The van der Waals surface area contributed by atoms with Gasteiger partial charge < -0.3 is 0 Å². The summed E-state index contributed by atoms with van der Waals surface area (Å²) in [5.41, 5.74) is 5.16. The molecule has 0 radical (unpaired) electrons. The molecule has 0 bridgehead atoms. The van der Waals surface area contributed by atoms with E-state index in [0.717, 1.165) is 23.1 Å². The smallest absolute Gasteiger partial charge is 0.106 e. The molecule has 1 saturated carbocycles. The molecule has 13 heavy (non-hydrogen) atoms. The molecule has 1 fully saturated rings. The van der Waals surface area contributed by atoms with E-state index in [-0.39, 0.29) is 0 Å². The van der Waals surface area contributed by atoms with Gasteiger partial charge >= 0.3 is 0 Å². The van der Waals surface area contributed by atoms with Crippen LogP contribution in [0, 0.1) is 0 Å². The lowest BCUT2D eigenvalue weighted by Crippen LogP contribution is -2.11. The normalized spacial score (nSPS) is 15.0. The van der Waals surface area contributed by atoms with E-state index in [9.17, 15) is 0 Å². The molecular formula is C9H10BrN3. The minimum atomic E-state index is 0.842. The summed E-state index contributed by atoms with van der Waals surface area (Å²) in [7, 11) is 0. The summed E-state index contributed by atoms with van der Waals surface area (Å²) in [6.07, 6.45) is 5.31. The summed E-state index contributed by atoms with van der Waals surface area (Å²) < 4.78 is 0.842. The van der Waals surface area contributed by atoms with Gasteiger partial charge in [0.1, 0.15) is 4.60 Å². The van der Waals surface area contributed by atoms with Crippen LogP contribution in [0.1, 0.15) is 19.3 Å². The SMILES string of the molecule is Brc1ccc(NN=C2CCC2)cn1. The van der Waals surface area contributed by atoms with Gasteiger partial charge in [-0.3, -0.25) is 5.43 Å². The molecule has 3 nitrogen and oxygen atoms in total. The Morgan fingerprint density at radius 2 is 2.23 bits per heavy atom. The van der Waals surface area contributed by atoms with Crippen molar-refractivity contribution < 1.29 is 0 Å². The van der Waals surface area contributed by atoms with Crippen LogP contribution >= 0.6 is 15.9 Å². The molecule has 68 valence electrons. The Hall–Kier alpha value is -0.900. The van der Waals surface area contributed by atoms with Crippen LogP contribution < -0.4 is 5.43 Å². The summed E-state index contributed by atoms with van der Waals surface area (Å²) in [6, 6.07) is 3.84. The maximum absolute atomic E-state index is 4.24. The van der Waals surface area contributed by atoms with Crippen molar-refractivity contribution in [3.05, 3.63) is 22.9 Å². The molecule has 1 aromatic rings. The van der Waals surface area contributed by atoms with Crippen LogP contribution in [0.4, 0.5) is 5.69 Å². The predicted molar refractivity (Wildman–Crippen MR) is 56.8 cm³/mol. The molecule has 1 aromatic heterocycles. The lowest BCUT2D eigenvalue weighted by atomic mass is 9.98. The number of anilines is 1. The molecule has 1 aliphatic rings. The number of hydrogen-bond acceptors (Lipinski definition) is 3. The summed E-state index contributed by atoms with van der Waals surface area (Å²) >= 11 is 3.28. The minimum absolute atomic E-state index is 0.842. The molecule has 0 saturated heterocycles. The van der Waals surface area contributed by atoms with Crippen LogP contribution in [-0.2, 0) is 0 Å².